The molecule has 2 saturated heterocycles. The summed E-state index contributed by atoms with van der Waals surface area (Å²) in [5.74, 6) is -1.07. The van der Waals surface area contributed by atoms with Crippen LogP contribution in [0.3, 0.4) is 0 Å². The van der Waals surface area contributed by atoms with Gasteiger partial charge in [-0.2, -0.15) is 5.10 Å². The Morgan fingerprint density at radius 1 is 0.965 bits per heavy atom. The molecule has 5 amide bonds. The highest BCUT2D eigenvalue weighted by Gasteiger charge is 2.29. The Kier molecular flexibility index (Phi) is 10.3. The third-order valence-corrected chi connectivity index (χ3v) is 11.2. The molecule has 57 heavy (non-hydrogen) atoms. The first-order valence-corrected chi connectivity index (χ1v) is 19.3. The zero-order chi connectivity index (χ0) is 39.8. The summed E-state index contributed by atoms with van der Waals surface area (Å²) < 4.78 is 33.3. The molecule has 294 valence electrons. The smallest absolute Gasteiger partial charge is 0.328 e. The highest BCUT2D eigenvalue weighted by Crippen LogP contribution is 2.38. The molecule has 2 N–H and O–H groups in total. The number of amides is 5. The predicted molar refractivity (Wildman–Crippen MR) is 214 cm³/mol. The van der Waals surface area contributed by atoms with E-state index in [1.54, 1.807) is 48.1 Å². The molecule has 2 aromatic heterocycles. The Morgan fingerprint density at radius 2 is 1.75 bits per heavy atom. The first-order valence-electron chi connectivity index (χ1n) is 19.3. The van der Waals surface area contributed by atoms with E-state index in [0.29, 0.717) is 54.0 Å². The van der Waals surface area contributed by atoms with Crippen LogP contribution in [0.2, 0.25) is 0 Å². The van der Waals surface area contributed by atoms with E-state index in [2.05, 4.69) is 20.3 Å². The number of benzene rings is 3. The first-order chi connectivity index (χ1) is 27.5. The summed E-state index contributed by atoms with van der Waals surface area (Å²) in [5.41, 5.74) is 5.33. The van der Waals surface area contributed by atoms with Gasteiger partial charge in [-0.1, -0.05) is 24.3 Å². The Balaban J connectivity index is 0.961. The molecule has 5 heterocycles. The third kappa shape index (κ3) is 7.76. The molecule has 0 saturated carbocycles. The molecule has 0 unspecified atom stereocenters. The van der Waals surface area contributed by atoms with Crippen LogP contribution in [-0.2, 0) is 22.6 Å². The molecule has 12 nitrogen and oxygen atoms in total. The van der Waals surface area contributed by atoms with Gasteiger partial charge >= 0.3 is 6.03 Å². The fourth-order valence-electron chi connectivity index (χ4n) is 7.93. The third-order valence-electron chi connectivity index (χ3n) is 11.2. The lowest BCUT2D eigenvalue weighted by Gasteiger charge is -2.41. The van der Waals surface area contributed by atoms with Crippen molar-refractivity contribution in [1.82, 2.24) is 29.9 Å². The standard InChI is InChI=1S/C43H44F2N8O4/c1-49(2)42(56)37-23-35-33(22-34(40(45)41(35)47-37)30-5-3-17-50(26-30)39(55)15-19-52-18-4-16-46-52)28-8-11-31(12-9-28)51-24-27(25-51)6-7-29-10-13-32(21-36(29)44)53-20-14-38(54)48-43(53)57/h4-5,8-13,16,18,21-23,27,47H,3,6-7,14-15,17,19-20,24-26H2,1-2H3,(H,48,54,57). The number of urea groups is 1. The van der Waals surface area contributed by atoms with Gasteiger partial charge in [-0.25, -0.2) is 13.6 Å². The van der Waals surface area contributed by atoms with Crippen LogP contribution in [0.25, 0.3) is 27.6 Å². The van der Waals surface area contributed by atoms with Gasteiger partial charge < -0.3 is 19.7 Å². The lowest BCUT2D eigenvalue weighted by atomic mass is 9.91. The van der Waals surface area contributed by atoms with Crippen molar-refractivity contribution in [2.75, 3.05) is 56.6 Å². The largest absolute Gasteiger partial charge is 0.371 e. The molecule has 5 aromatic rings. The molecule has 0 atom stereocenters. The van der Waals surface area contributed by atoms with Crippen molar-refractivity contribution in [1.29, 1.82) is 0 Å². The Labute approximate surface area is 328 Å². The lowest BCUT2D eigenvalue weighted by molar-refractivity contribution is -0.131. The van der Waals surface area contributed by atoms with Crippen molar-refractivity contribution < 1.29 is 28.0 Å². The number of rotatable bonds is 11. The van der Waals surface area contributed by atoms with Gasteiger partial charge in [-0.05, 0) is 89.9 Å². The summed E-state index contributed by atoms with van der Waals surface area (Å²) in [5, 5.41) is 7.05. The summed E-state index contributed by atoms with van der Waals surface area (Å²) in [7, 11) is 3.31. The van der Waals surface area contributed by atoms with E-state index in [9.17, 15) is 19.2 Å². The average molecular weight is 775 g/mol. The molecule has 3 aromatic carbocycles. The van der Waals surface area contributed by atoms with E-state index in [1.165, 1.54) is 15.9 Å². The van der Waals surface area contributed by atoms with Gasteiger partial charge in [0.1, 0.15) is 11.5 Å². The second-order valence-electron chi connectivity index (χ2n) is 15.2. The van der Waals surface area contributed by atoms with Crippen LogP contribution in [0.15, 0.2) is 79.1 Å². The molecule has 14 heteroatoms. The van der Waals surface area contributed by atoms with E-state index in [0.717, 1.165) is 41.9 Å². The number of aryl methyl sites for hydroxylation is 2. The number of aromatic amines is 1. The Hall–Kier alpha value is -6.31. The number of halogens is 2. The zero-order valence-electron chi connectivity index (χ0n) is 31.9. The van der Waals surface area contributed by atoms with Crippen LogP contribution in [0.1, 0.15) is 47.3 Å². The van der Waals surface area contributed by atoms with Gasteiger partial charge in [0, 0.05) is 101 Å². The van der Waals surface area contributed by atoms with Crippen LogP contribution in [-0.4, -0.2) is 95.1 Å². The van der Waals surface area contributed by atoms with Crippen molar-refractivity contribution in [3.63, 3.8) is 0 Å². The number of nitrogens with one attached hydrogen (secondary N) is 2. The molecule has 0 spiro atoms. The van der Waals surface area contributed by atoms with Gasteiger partial charge in [-0.15, -0.1) is 0 Å². The average Bonchev–Trinajstić information content (AvgIpc) is 3.89. The summed E-state index contributed by atoms with van der Waals surface area (Å²) in [6.45, 7) is 3.16. The van der Waals surface area contributed by atoms with Crippen molar-refractivity contribution in [3.05, 3.63) is 108 Å². The van der Waals surface area contributed by atoms with Crippen LogP contribution >= 0.6 is 0 Å². The number of carbonyl (C=O) groups excluding carboxylic acids is 4. The minimum absolute atomic E-state index is 0.0217. The van der Waals surface area contributed by atoms with Crippen LogP contribution in [0, 0.1) is 17.6 Å². The van der Waals surface area contributed by atoms with Crippen LogP contribution in [0.4, 0.5) is 25.0 Å². The molecule has 2 fully saturated rings. The first kappa shape index (κ1) is 37.6. The Bertz CT molecular complexity index is 2380. The molecule has 3 aliphatic rings. The van der Waals surface area contributed by atoms with E-state index in [4.69, 9.17) is 0 Å². The number of nitrogens with zero attached hydrogens (tertiary/aromatic N) is 6. The van der Waals surface area contributed by atoms with Gasteiger partial charge in [-0.3, -0.25) is 29.3 Å². The minimum Gasteiger partial charge on any atom is -0.371 e. The van der Waals surface area contributed by atoms with Crippen LogP contribution < -0.4 is 15.1 Å². The molecule has 8 rings (SSSR count). The molecule has 3 aliphatic heterocycles. The number of H-pyrrole nitrogens is 1. The number of fused-ring (bicyclic) bond motifs is 1. The highest BCUT2D eigenvalue weighted by molar-refractivity contribution is 6.06. The number of carbonyl (C=O) groups is 4. The van der Waals surface area contributed by atoms with E-state index >= 15 is 8.78 Å². The zero-order valence-corrected chi connectivity index (χ0v) is 31.9. The van der Waals surface area contributed by atoms with Crippen molar-refractivity contribution >= 4 is 51.6 Å². The predicted octanol–water partition coefficient (Wildman–Crippen LogP) is 6.23. The fourth-order valence-corrected chi connectivity index (χ4v) is 7.93. The molecule has 0 bridgehead atoms. The summed E-state index contributed by atoms with van der Waals surface area (Å²) >= 11 is 0. The van der Waals surface area contributed by atoms with Crippen molar-refractivity contribution in [2.45, 2.75) is 38.6 Å². The van der Waals surface area contributed by atoms with Crippen molar-refractivity contribution in [3.8, 4) is 11.1 Å². The molecule has 0 aliphatic carbocycles. The van der Waals surface area contributed by atoms with Gasteiger partial charge in [0.2, 0.25) is 11.8 Å². The van der Waals surface area contributed by atoms with E-state index in [-0.39, 0.29) is 60.7 Å². The maximum Gasteiger partial charge on any atom is 0.328 e. The summed E-state index contributed by atoms with van der Waals surface area (Å²) in [6.07, 6.45) is 7.93. The van der Waals surface area contributed by atoms with Gasteiger partial charge in [0.25, 0.3) is 5.91 Å². The maximum absolute atomic E-state index is 16.5. The Morgan fingerprint density at radius 3 is 2.47 bits per heavy atom. The number of anilines is 2. The molecular weight excluding hydrogens is 731 g/mol. The second kappa shape index (κ2) is 15.7. The minimum atomic E-state index is -0.539. The topological polar surface area (TPSA) is 127 Å². The highest BCUT2D eigenvalue weighted by atomic mass is 19.1. The van der Waals surface area contributed by atoms with Gasteiger partial charge in [0.05, 0.1) is 5.52 Å². The summed E-state index contributed by atoms with van der Waals surface area (Å²) in [6, 6.07) is 17.7. The number of hydrogen-bond donors (Lipinski definition) is 2. The molecule has 0 radical (unpaired) electrons. The number of aromatic nitrogens is 3. The maximum atomic E-state index is 16.5. The fraction of sp³-hybridized carbons (Fsp3) is 0.326. The second-order valence-corrected chi connectivity index (χ2v) is 15.2. The van der Waals surface area contributed by atoms with Crippen LogP contribution in [0.5, 0.6) is 0 Å². The normalized spacial score (nSPS) is 16.1. The quantitative estimate of drug-likeness (QED) is 0.164. The summed E-state index contributed by atoms with van der Waals surface area (Å²) in [4.78, 5) is 59.8. The van der Waals surface area contributed by atoms with E-state index < -0.39 is 11.8 Å². The number of imide groups is 1. The monoisotopic (exact) mass is 774 g/mol. The van der Waals surface area contributed by atoms with Gasteiger partial charge in [0.15, 0.2) is 5.82 Å². The van der Waals surface area contributed by atoms with Crippen molar-refractivity contribution in [2.24, 2.45) is 5.92 Å². The molecular formula is C43H44F2N8O4. The SMILES string of the molecule is CN(C)C(=O)c1cc2c(-c3ccc(N4CC(CCc5ccc(N6CCC(=O)NC6=O)cc5F)C4)cc3)cc(C3=CCCN(C(=O)CCn4cccn4)C3)c(F)c2[nH]1. The number of hydrogen-bond acceptors (Lipinski definition) is 6. The lowest BCUT2D eigenvalue weighted by Crippen LogP contribution is -2.49. The van der Waals surface area contributed by atoms with E-state index in [1.807, 2.05) is 48.7 Å².